The Morgan fingerprint density at radius 2 is 1.80 bits per heavy atom. The van der Waals surface area contributed by atoms with Gasteiger partial charge >= 0.3 is 5.69 Å². The summed E-state index contributed by atoms with van der Waals surface area (Å²) in [5.41, 5.74) is -1.92. The van der Waals surface area contributed by atoms with E-state index in [9.17, 15) is 28.3 Å². The van der Waals surface area contributed by atoms with Gasteiger partial charge in [-0.2, -0.15) is 5.10 Å². The Labute approximate surface area is 247 Å². The fourth-order valence-corrected chi connectivity index (χ4v) is 4.51. The number of carbonyl (C=O) groups excluding carboxylic acids is 1. The molecule has 0 saturated heterocycles. The molecule has 0 aliphatic rings. The lowest BCUT2D eigenvalue weighted by Gasteiger charge is -2.15. The molecule has 14 heteroatoms. The monoisotopic (exact) mass is 608 g/mol. The number of aromatic amines is 1. The van der Waals surface area contributed by atoms with Crippen LogP contribution in [0.1, 0.15) is 42.7 Å². The Kier molecular flexibility index (Phi) is 8.36. The lowest BCUT2D eigenvalue weighted by molar-refractivity contribution is 0.0990. The van der Waals surface area contributed by atoms with Crippen LogP contribution in [-0.4, -0.2) is 47.9 Å². The number of pyridine rings is 1. The van der Waals surface area contributed by atoms with E-state index < -0.39 is 46.9 Å². The van der Waals surface area contributed by atoms with Crippen LogP contribution >= 0.6 is 0 Å². The molecular formula is C30H27F3N6O5. The normalized spacial score (nSPS) is 12.1. The molecule has 3 aromatic heterocycles. The quantitative estimate of drug-likeness (QED) is 0.199. The third-order valence-electron chi connectivity index (χ3n) is 6.79. The van der Waals surface area contributed by atoms with Crippen LogP contribution in [0, 0.1) is 17.5 Å². The number of hydrogen-bond acceptors (Lipinski definition) is 8. The molecule has 0 amide bonds. The number of anilines is 1. The first kappa shape index (κ1) is 30.2. The summed E-state index contributed by atoms with van der Waals surface area (Å²) < 4.78 is 50.3. The molecule has 0 saturated carbocycles. The maximum Gasteiger partial charge on any atom is 0.335 e. The fraction of sp³-hybridized carbons (Fsp3) is 0.233. The first-order chi connectivity index (χ1) is 21.0. The van der Waals surface area contributed by atoms with Gasteiger partial charge < -0.3 is 15.2 Å². The van der Waals surface area contributed by atoms with Crippen molar-refractivity contribution in [2.75, 3.05) is 11.9 Å². The first-order valence-corrected chi connectivity index (χ1v) is 13.5. The van der Waals surface area contributed by atoms with Crippen LogP contribution in [0.25, 0.3) is 16.7 Å². The van der Waals surface area contributed by atoms with Gasteiger partial charge in [-0.15, -0.1) is 0 Å². The van der Waals surface area contributed by atoms with Gasteiger partial charge in [0.25, 0.3) is 5.56 Å². The van der Waals surface area contributed by atoms with Crippen molar-refractivity contribution < 1.29 is 27.8 Å². The van der Waals surface area contributed by atoms with Crippen molar-refractivity contribution in [2.45, 2.75) is 39.3 Å². The average Bonchev–Trinajstić information content (AvgIpc) is 3.39. The van der Waals surface area contributed by atoms with Crippen molar-refractivity contribution in [3.8, 4) is 17.2 Å². The highest BCUT2D eigenvalue weighted by molar-refractivity contribution is 5.97. The minimum atomic E-state index is -1.27. The lowest BCUT2D eigenvalue weighted by atomic mass is 10.0. The summed E-state index contributed by atoms with van der Waals surface area (Å²) in [7, 11) is 0. The molecule has 0 aliphatic heterocycles. The second-order valence-corrected chi connectivity index (χ2v) is 10.4. The summed E-state index contributed by atoms with van der Waals surface area (Å²) in [6, 6.07) is 7.07. The molecule has 228 valence electrons. The molecule has 5 rings (SSSR count). The second-order valence-electron chi connectivity index (χ2n) is 10.4. The molecular weight excluding hydrogens is 581 g/mol. The number of nitrogens with one attached hydrogen (secondary N) is 2. The molecule has 0 radical (unpaired) electrons. The summed E-state index contributed by atoms with van der Waals surface area (Å²) in [6.45, 7) is 4.88. The number of nitrogens with zero attached hydrogens (tertiary/aromatic N) is 4. The van der Waals surface area contributed by atoms with Crippen LogP contribution in [0.15, 0.2) is 64.4 Å². The summed E-state index contributed by atoms with van der Waals surface area (Å²) in [5.74, 6) is -3.54. The van der Waals surface area contributed by atoms with E-state index in [4.69, 9.17) is 4.74 Å². The predicted molar refractivity (Wildman–Crippen MR) is 155 cm³/mol. The standard InChI is InChI=1S/C30H27F3N6O5/c1-15(2)38-13-19(29(42)39(30(38)43)18-5-6-20(31)21(32)12-18)23(41)11-17-4-7-24(22(33)10-17)44-25-8-9-34-27-26(25)28(37-36-27)35-16(3)14-40/h4-10,12-13,15-16,40H,11,14H2,1-3H3,(H2,34,35,36,37)/t16-/m1/s1. The summed E-state index contributed by atoms with van der Waals surface area (Å²) in [5, 5.41) is 19.7. The van der Waals surface area contributed by atoms with Gasteiger partial charge in [0, 0.05) is 43.0 Å². The Hall–Kier alpha value is -5.24. The zero-order chi connectivity index (χ0) is 31.7. The van der Waals surface area contributed by atoms with E-state index in [2.05, 4.69) is 20.5 Å². The summed E-state index contributed by atoms with van der Waals surface area (Å²) in [6.07, 6.45) is 2.16. The highest BCUT2D eigenvalue weighted by atomic mass is 19.2. The van der Waals surface area contributed by atoms with Gasteiger partial charge in [-0.3, -0.25) is 19.3 Å². The molecule has 0 unspecified atom stereocenters. The smallest absolute Gasteiger partial charge is 0.335 e. The van der Waals surface area contributed by atoms with E-state index in [-0.39, 0.29) is 41.0 Å². The number of ether oxygens (including phenoxy) is 1. The number of rotatable bonds is 10. The number of aliphatic hydroxyl groups excluding tert-OH is 1. The SMILES string of the molecule is CC(C)n1cc(C(=O)Cc2ccc(Oc3ccnc4[nH]nc(N[C@H](C)CO)c34)c(F)c2)c(=O)n(-c2ccc(F)c(F)c2)c1=O. The van der Waals surface area contributed by atoms with E-state index in [0.717, 1.165) is 29.0 Å². The van der Waals surface area contributed by atoms with E-state index in [1.165, 1.54) is 24.4 Å². The van der Waals surface area contributed by atoms with Gasteiger partial charge in [-0.1, -0.05) is 6.07 Å². The number of H-pyrrole nitrogens is 1. The molecule has 44 heavy (non-hydrogen) atoms. The van der Waals surface area contributed by atoms with Gasteiger partial charge in [-0.05, 0) is 50.6 Å². The van der Waals surface area contributed by atoms with Crippen molar-refractivity contribution in [1.82, 2.24) is 24.3 Å². The molecule has 0 bridgehead atoms. The second kappa shape index (κ2) is 12.2. The van der Waals surface area contributed by atoms with E-state index in [1.54, 1.807) is 20.8 Å². The van der Waals surface area contributed by atoms with Crippen molar-refractivity contribution >= 4 is 22.6 Å². The Morgan fingerprint density at radius 1 is 1.02 bits per heavy atom. The van der Waals surface area contributed by atoms with Crippen LogP contribution < -0.4 is 21.3 Å². The molecule has 0 spiro atoms. The van der Waals surface area contributed by atoms with Crippen LogP contribution in [-0.2, 0) is 6.42 Å². The van der Waals surface area contributed by atoms with Crippen molar-refractivity contribution in [2.24, 2.45) is 0 Å². The molecule has 2 aromatic carbocycles. The summed E-state index contributed by atoms with van der Waals surface area (Å²) in [4.78, 5) is 43.9. The molecule has 0 fully saturated rings. The summed E-state index contributed by atoms with van der Waals surface area (Å²) >= 11 is 0. The number of aromatic nitrogens is 5. The van der Waals surface area contributed by atoms with Gasteiger partial charge in [0.05, 0.1) is 12.3 Å². The van der Waals surface area contributed by atoms with Gasteiger partial charge in [0.15, 0.2) is 40.4 Å². The largest absolute Gasteiger partial charge is 0.453 e. The number of hydrogen-bond donors (Lipinski definition) is 3. The van der Waals surface area contributed by atoms with Crippen LogP contribution in [0.3, 0.4) is 0 Å². The van der Waals surface area contributed by atoms with Gasteiger partial charge in [-0.25, -0.2) is 27.5 Å². The third kappa shape index (κ3) is 5.83. The Bertz CT molecular complexity index is 2000. The Balaban J connectivity index is 1.45. The molecule has 0 aliphatic carbocycles. The molecule has 5 aromatic rings. The minimum absolute atomic E-state index is 0.156. The van der Waals surface area contributed by atoms with Gasteiger partial charge in [0.1, 0.15) is 16.7 Å². The van der Waals surface area contributed by atoms with Crippen molar-refractivity contribution in [1.29, 1.82) is 0 Å². The number of benzene rings is 2. The van der Waals surface area contributed by atoms with Crippen molar-refractivity contribution in [3.05, 3.63) is 104 Å². The lowest BCUT2D eigenvalue weighted by Crippen LogP contribution is -2.42. The zero-order valence-corrected chi connectivity index (χ0v) is 23.8. The number of halogens is 3. The van der Waals surface area contributed by atoms with Crippen molar-refractivity contribution in [3.63, 3.8) is 0 Å². The first-order valence-electron chi connectivity index (χ1n) is 13.5. The van der Waals surface area contributed by atoms with Crippen LogP contribution in [0.5, 0.6) is 11.5 Å². The topological polar surface area (TPSA) is 144 Å². The highest BCUT2D eigenvalue weighted by Crippen LogP contribution is 2.34. The van der Waals surface area contributed by atoms with E-state index >= 15 is 4.39 Å². The fourth-order valence-electron chi connectivity index (χ4n) is 4.51. The van der Waals surface area contributed by atoms with Gasteiger partial charge in [0.2, 0.25) is 0 Å². The van der Waals surface area contributed by atoms with Crippen LogP contribution in [0.4, 0.5) is 19.0 Å². The molecule has 3 N–H and O–H groups in total. The zero-order valence-electron chi connectivity index (χ0n) is 23.8. The number of Topliss-reactive ketones (excluding diaryl/α,β-unsaturated/α-hetero) is 1. The number of ketones is 1. The minimum Gasteiger partial charge on any atom is -0.453 e. The molecule has 1 atom stereocenters. The highest BCUT2D eigenvalue weighted by Gasteiger charge is 2.22. The predicted octanol–water partition coefficient (Wildman–Crippen LogP) is 4.28. The number of aliphatic hydroxyl groups is 1. The van der Waals surface area contributed by atoms with Crippen LogP contribution in [0.2, 0.25) is 0 Å². The number of carbonyl (C=O) groups is 1. The number of fused-ring (bicyclic) bond motifs is 1. The third-order valence-corrected chi connectivity index (χ3v) is 6.79. The molecule has 3 heterocycles. The maximum absolute atomic E-state index is 15.2. The van der Waals surface area contributed by atoms with E-state index in [0.29, 0.717) is 27.5 Å². The maximum atomic E-state index is 15.2. The Morgan fingerprint density at radius 3 is 2.48 bits per heavy atom. The molecule has 11 nitrogen and oxygen atoms in total. The van der Waals surface area contributed by atoms with E-state index in [1.807, 2.05) is 0 Å². The average molecular weight is 609 g/mol.